The third kappa shape index (κ3) is 2.07. The van der Waals surface area contributed by atoms with E-state index in [0.29, 0.717) is 5.15 Å². The Morgan fingerprint density at radius 2 is 2.14 bits per heavy atom. The molecule has 116 valence electrons. The highest BCUT2D eigenvalue weighted by Gasteiger charge is 2.55. The summed E-state index contributed by atoms with van der Waals surface area (Å²) >= 11 is 7.63. The number of carbonyl (C=O) groups excluding carboxylic acids is 1. The molecule has 2 aliphatic heterocycles. The van der Waals surface area contributed by atoms with Crippen LogP contribution >= 0.6 is 23.4 Å². The van der Waals surface area contributed by atoms with E-state index < -0.39 is 5.79 Å². The second kappa shape index (κ2) is 4.92. The molecule has 0 spiro atoms. The summed E-state index contributed by atoms with van der Waals surface area (Å²) in [5.74, 6) is -0.689. The van der Waals surface area contributed by atoms with Gasteiger partial charge in [-0.15, -0.1) is 11.8 Å². The molecule has 0 aromatic carbocycles. The highest BCUT2D eigenvalue weighted by atomic mass is 35.5. The molecule has 2 aromatic heterocycles. The van der Waals surface area contributed by atoms with E-state index in [1.165, 1.54) is 18.1 Å². The number of rotatable bonds is 2. The van der Waals surface area contributed by atoms with Crippen LogP contribution in [0.5, 0.6) is 0 Å². The summed E-state index contributed by atoms with van der Waals surface area (Å²) in [4.78, 5) is 19.7. The van der Waals surface area contributed by atoms with Crippen LogP contribution in [0, 0.1) is 0 Å². The van der Waals surface area contributed by atoms with Crippen LogP contribution < -0.4 is 0 Å². The molecule has 6 nitrogen and oxygen atoms in total. The van der Waals surface area contributed by atoms with Gasteiger partial charge in [-0.05, 0) is 19.9 Å². The lowest BCUT2D eigenvalue weighted by molar-refractivity contribution is -0.149. The van der Waals surface area contributed by atoms with E-state index in [0.717, 1.165) is 17.3 Å². The molecule has 2 saturated heterocycles. The summed E-state index contributed by atoms with van der Waals surface area (Å²) in [5, 5.41) is 0.852. The lowest BCUT2D eigenvalue weighted by Gasteiger charge is -2.23. The van der Waals surface area contributed by atoms with Crippen molar-refractivity contribution in [2.24, 2.45) is 0 Å². The standard InChI is InChI=1S/C14H14ClN3O3S/c1-14(2)20-9-8(5-19)22-13(10(9)21-14)18-4-3-7-11(15)16-6-17-12(7)18/h3-6,8-10,13H,1-2H3/t8-,9-,10-,13-/m1/s1. The first-order valence-corrected chi connectivity index (χ1v) is 8.26. The van der Waals surface area contributed by atoms with Crippen LogP contribution in [0.2, 0.25) is 5.15 Å². The molecule has 4 atom stereocenters. The lowest BCUT2D eigenvalue weighted by atomic mass is 10.1. The van der Waals surface area contributed by atoms with Crippen molar-refractivity contribution < 1.29 is 14.3 Å². The SMILES string of the molecule is CC1(C)O[C@@H]2[C@H](O1)[C@@H](C=O)S[C@H]2n1ccc2c(Cl)ncnc21. The van der Waals surface area contributed by atoms with Gasteiger partial charge < -0.3 is 18.8 Å². The number of ether oxygens (including phenoxy) is 2. The van der Waals surface area contributed by atoms with Crippen LogP contribution in [-0.4, -0.2) is 44.1 Å². The maximum atomic E-state index is 11.4. The average Bonchev–Trinajstić information content (AvgIpc) is 3.10. The topological polar surface area (TPSA) is 66.2 Å². The maximum Gasteiger partial charge on any atom is 0.163 e. The fraction of sp³-hybridized carbons (Fsp3) is 0.500. The van der Waals surface area contributed by atoms with E-state index in [4.69, 9.17) is 21.1 Å². The van der Waals surface area contributed by atoms with Gasteiger partial charge >= 0.3 is 0 Å². The molecule has 0 N–H and O–H groups in total. The number of carbonyl (C=O) groups is 1. The molecule has 0 bridgehead atoms. The number of thioether (sulfide) groups is 1. The van der Waals surface area contributed by atoms with Gasteiger partial charge in [0.1, 0.15) is 41.0 Å². The Morgan fingerprint density at radius 3 is 2.91 bits per heavy atom. The zero-order valence-electron chi connectivity index (χ0n) is 12.0. The van der Waals surface area contributed by atoms with E-state index in [2.05, 4.69) is 9.97 Å². The Labute approximate surface area is 136 Å². The van der Waals surface area contributed by atoms with Crippen LogP contribution in [0.1, 0.15) is 19.2 Å². The summed E-state index contributed by atoms with van der Waals surface area (Å²) in [6.07, 6.45) is 3.81. The maximum absolute atomic E-state index is 11.4. The minimum Gasteiger partial charge on any atom is -0.343 e. The Kier molecular flexibility index (Phi) is 3.23. The van der Waals surface area contributed by atoms with Crippen LogP contribution in [0.4, 0.5) is 0 Å². The molecule has 2 fully saturated rings. The second-order valence-electron chi connectivity index (χ2n) is 5.82. The number of fused-ring (bicyclic) bond motifs is 2. The van der Waals surface area contributed by atoms with E-state index in [1.54, 1.807) is 0 Å². The molecule has 2 aliphatic rings. The molecule has 4 rings (SSSR count). The summed E-state index contributed by atoms with van der Waals surface area (Å²) < 4.78 is 13.9. The molecular weight excluding hydrogens is 326 g/mol. The van der Waals surface area contributed by atoms with Gasteiger partial charge in [0.25, 0.3) is 0 Å². The summed E-state index contributed by atoms with van der Waals surface area (Å²) in [6.45, 7) is 3.73. The normalized spacial score (nSPS) is 33.2. The minimum atomic E-state index is -0.689. The van der Waals surface area contributed by atoms with Gasteiger partial charge in [0.15, 0.2) is 5.79 Å². The second-order valence-corrected chi connectivity index (χ2v) is 7.47. The van der Waals surface area contributed by atoms with Gasteiger partial charge in [0.05, 0.1) is 10.6 Å². The van der Waals surface area contributed by atoms with Crippen molar-refractivity contribution >= 4 is 40.7 Å². The Bertz CT molecular complexity index is 750. The average molecular weight is 340 g/mol. The third-order valence-corrected chi connectivity index (χ3v) is 5.70. The monoisotopic (exact) mass is 339 g/mol. The van der Waals surface area contributed by atoms with Crippen molar-refractivity contribution in [1.82, 2.24) is 14.5 Å². The molecule has 2 aromatic rings. The predicted octanol–water partition coefficient (Wildman–Crippen LogP) is 2.42. The van der Waals surface area contributed by atoms with Crippen LogP contribution in [0.15, 0.2) is 18.6 Å². The van der Waals surface area contributed by atoms with Crippen molar-refractivity contribution in [2.75, 3.05) is 0 Å². The Morgan fingerprint density at radius 1 is 1.36 bits per heavy atom. The molecule has 0 aliphatic carbocycles. The van der Waals surface area contributed by atoms with Crippen LogP contribution in [0.25, 0.3) is 11.0 Å². The molecule has 0 saturated carbocycles. The van der Waals surface area contributed by atoms with Crippen LogP contribution in [-0.2, 0) is 14.3 Å². The lowest BCUT2D eigenvalue weighted by Crippen LogP contribution is -2.29. The minimum absolute atomic E-state index is 0.0922. The van der Waals surface area contributed by atoms with Crippen molar-refractivity contribution in [1.29, 1.82) is 0 Å². The number of hydrogen-bond donors (Lipinski definition) is 0. The van der Waals surface area contributed by atoms with Crippen LogP contribution in [0.3, 0.4) is 0 Å². The molecule has 22 heavy (non-hydrogen) atoms. The van der Waals surface area contributed by atoms with E-state index in [1.807, 2.05) is 30.7 Å². The van der Waals surface area contributed by atoms with Crippen molar-refractivity contribution in [3.8, 4) is 0 Å². The molecular formula is C14H14ClN3O3S. The number of hydrogen-bond acceptors (Lipinski definition) is 6. The Balaban J connectivity index is 1.78. The van der Waals surface area contributed by atoms with Gasteiger partial charge in [-0.2, -0.15) is 0 Å². The first-order chi connectivity index (χ1) is 10.5. The molecule has 8 heteroatoms. The van der Waals surface area contributed by atoms with Crippen molar-refractivity contribution in [3.05, 3.63) is 23.7 Å². The van der Waals surface area contributed by atoms with Gasteiger partial charge in [-0.1, -0.05) is 11.6 Å². The van der Waals surface area contributed by atoms with E-state index in [-0.39, 0.29) is 22.8 Å². The number of aromatic nitrogens is 3. The number of nitrogens with zero attached hydrogens (tertiary/aromatic N) is 3. The summed E-state index contributed by atoms with van der Waals surface area (Å²) in [6, 6.07) is 1.88. The zero-order valence-corrected chi connectivity index (χ0v) is 13.5. The first-order valence-electron chi connectivity index (χ1n) is 6.93. The highest BCUT2D eigenvalue weighted by molar-refractivity contribution is 8.01. The largest absolute Gasteiger partial charge is 0.343 e. The fourth-order valence-corrected chi connectivity index (χ4v) is 4.70. The number of aldehydes is 1. The molecule has 4 heterocycles. The first kappa shape index (κ1) is 14.4. The van der Waals surface area contributed by atoms with Gasteiger partial charge in [0, 0.05) is 6.20 Å². The summed E-state index contributed by atoms with van der Waals surface area (Å²) in [5.41, 5.74) is 0.733. The van der Waals surface area contributed by atoms with Crippen molar-refractivity contribution in [2.45, 2.75) is 42.5 Å². The van der Waals surface area contributed by atoms with Gasteiger partial charge in [-0.3, -0.25) is 0 Å². The molecule has 0 amide bonds. The van der Waals surface area contributed by atoms with E-state index >= 15 is 0 Å². The van der Waals surface area contributed by atoms with E-state index in [9.17, 15) is 4.79 Å². The van der Waals surface area contributed by atoms with Gasteiger partial charge in [-0.25, -0.2) is 9.97 Å². The fourth-order valence-electron chi connectivity index (χ4n) is 3.09. The Hall–Kier alpha value is -1.15. The summed E-state index contributed by atoms with van der Waals surface area (Å²) in [7, 11) is 0. The predicted molar refractivity (Wildman–Crippen MR) is 82.8 cm³/mol. The third-order valence-electron chi connectivity index (χ3n) is 3.93. The van der Waals surface area contributed by atoms with Crippen molar-refractivity contribution in [3.63, 3.8) is 0 Å². The van der Waals surface area contributed by atoms with Gasteiger partial charge in [0.2, 0.25) is 0 Å². The number of halogens is 1. The molecule has 0 radical (unpaired) electrons. The zero-order chi connectivity index (χ0) is 15.5. The highest BCUT2D eigenvalue weighted by Crippen LogP contribution is 2.51. The smallest absolute Gasteiger partial charge is 0.163 e. The quantitative estimate of drug-likeness (QED) is 0.618. The molecule has 0 unspecified atom stereocenters.